The molecule has 0 unspecified atom stereocenters. The van der Waals surface area contributed by atoms with Crippen molar-refractivity contribution in [2.24, 2.45) is 0 Å². The number of aromatic nitrogens is 1. The second-order valence-corrected chi connectivity index (χ2v) is 12.4. The van der Waals surface area contributed by atoms with E-state index in [-0.39, 0.29) is 6.10 Å². The smallest absolute Gasteiger partial charge is 0.131 e. The molecule has 3 aliphatic rings. The molecule has 0 amide bonds. The number of nitrogens with zero attached hydrogens (tertiary/aromatic N) is 2. The van der Waals surface area contributed by atoms with Crippen molar-refractivity contribution in [3.8, 4) is 5.75 Å². The molecule has 1 saturated heterocycles. The summed E-state index contributed by atoms with van der Waals surface area (Å²) >= 11 is 1.81. The Hall–Kier alpha value is -1.02. The number of hydrogen-bond acceptors (Lipinski definition) is 6. The van der Waals surface area contributed by atoms with E-state index in [9.17, 15) is 4.21 Å². The molecular formula is C25H36N2O3S2. The van der Waals surface area contributed by atoms with E-state index >= 15 is 0 Å². The Morgan fingerprint density at radius 1 is 1.25 bits per heavy atom. The third-order valence-electron chi connectivity index (χ3n) is 8.00. The lowest BCUT2D eigenvalue weighted by Gasteiger charge is -2.49. The van der Waals surface area contributed by atoms with Gasteiger partial charge in [0.2, 0.25) is 0 Å². The van der Waals surface area contributed by atoms with E-state index in [1.807, 2.05) is 24.5 Å². The number of hydrogen-bond donors (Lipinski definition) is 0. The molecule has 2 aromatic rings. The number of fused-ring (bicyclic) bond motifs is 3. The molecule has 2 fully saturated rings. The summed E-state index contributed by atoms with van der Waals surface area (Å²) in [5, 5.41) is 1.21. The summed E-state index contributed by atoms with van der Waals surface area (Å²) in [4.78, 5) is 9.88. The lowest BCUT2D eigenvalue weighted by molar-refractivity contribution is -0.0510. The van der Waals surface area contributed by atoms with E-state index in [0.717, 1.165) is 74.1 Å². The molecular weight excluding hydrogens is 440 g/mol. The summed E-state index contributed by atoms with van der Waals surface area (Å²) in [6.07, 6.45) is 10.2. The van der Waals surface area contributed by atoms with Gasteiger partial charge in [-0.15, -0.1) is 11.3 Å². The van der Waals surface area contributed by atoms with Crippen molar-refractivity contribution in [1.82, 2.24) is 9.88 Å². The van der Waals surface area contributed by atoms with Crippen molar-refractivity contribution in [3.63, 3.8) is 0 Å². The Labute approximate surface area is 198 Å². The van der Waals surface area contributed by atoms with Crippen LogP contribution in [0.2, 0.25) is 0 Å². The van der Waals surface area contributed by atoms with Crippen molar-refractivity contribution in [3.05, 3.63) is 22.7 Å². The molecule has 0 radical (unpaired) electrons. The highest BCUT2D eigenvalue weighted by Crippen LogP contribution is 2.47. The first kappa shape index (κ1) is 22.8. The highest BCUT2D eigenvalue weighted by molar-refractivity contribution is 7.84. The second kappa shape index (κ2) is 9.69. The molecule has 32 heavy (non-hydrogen) atoms. The molecule has 1 saturated carbocycles. The van der Waals surface area contributed by atoms with Crippen molar-refractivity contribution in [2.75, 3.05) is 37.8 Å². The Kier molecular flexibility index (Phi) is 6.89. The van der Waals surface area contributed by atoms with E-state index in [2.05, 4.69) is 22.9 Å². The maximum atomic E-state index is 12.3. The number of morpholine rings is 1. The molecule has 1 aliphatic heterocycles. The van der Waals surface area contributed by atoms with Crippen molar-refractivity contribution in [1.29, 1.82) is 0 Å². The first-order valence-electron chi connectivity index (χ1n) is 12.4. The molecule has 0 aromatic carbocycles. The summed E-state index contributed by atoms with van der Waals surface area (Å²) in [5.41, 5.74) is 1.71. The van der Waals surface area contributed by atoms with Gasteiger partial charge < -0.3 is 9.47 Å². The topological polar surface area (TPSA) is 51.7 Å². The van der Waals surface area contributed by atoms with Crippen molar-refractivity contribution >= 4 is 32.4 Å². The fourth-order valence-electron chi connectivity index (χ4n) is 6.09. The van der Waals surface area contributed by atoms with Crippen molar-refractivity contribution < 1.29 is 13.7 Å². The van der Waals surface area contributed by atoms with Gasteiger partial charge in [-0.25, -0.2) is 4.98 Å². The Morgan fingerprint density at radius 3 is 2.75 bits per heavy atom. The van der Waals surface area contributed by atoms with Gasteiger partial charge in [-0.1, -0.05) is 13.8 Å². The van der Waals surface area contributed by atoms with Crippen LogP contribution in [0.15, 0.2) is 12.3 Å². The largest absolute Gasteiger partial charge is 0.490 e. The molecule has 3 heterocycles. The average molecular weight is 477 g/mol. The van der Waals surface area contributed by atoms with Crippen LogP contribution in [0.1, 0.15) is 68.7 Å². The fraction of sp³-hybridized carbons (Fsp3) is 0.720. The third kappa shape index (κ3) is 4.26. The summed E-state index contributed by atoms with van der Waals surface area (Å²) in [6, 6.07) is 2.06. The lowest BCUT2D eigenvalue weighted by Crippen LogP contribution is -2.55. The summed E-state index contributed by atoms with van der Waals surface area (Å²) < 4.78 is 24.6. The molecule has 5 rings (SSSR count). The minimum absolute atomic E-state index is 0.265. The van der Waals surface area contributed by atoms with Crippen LogP contribution in [0.5, 0.6) is 5.75 Å². The molecule has 176 valence electrons. The summed E-state index contributed by atoms with van der Waals surface area (Å²) in [7, 11) is -0.747. The molecule has 2 aliphatic carbocycles. The average Bonchev–Trinajstić information content (AvgIpc) is 3.40. The molecule has 0 N–H and O–H groups in total. The van der Waals surface area contributed by atoms with Crippen LogP contribution in [0, 0.1) is 0 Å². The van der Waals surface area contributed by atoms with Gasteiger partial charge >= 0.3 is 0 Å². The van der Waals surface area contributed by atoms with E-state index in [1.54, 1.807) is 0 Å². The van der Waals surface area contributed by atoms with E-state index in [4.69, 9.17) is 9.47 Å². The van der Waals surface area contributed by atoms with Crippen LogP contribution in [-0.2, 0) is 22.0 Å². The van der Waals surface area contributed by atoms with Crippen LogP contribution in [0.4, 0.5) is 0 Å². The van der Waals surface area contributed by atoms with Crippen LogP contribution in [-0.4, -0.2) is 63.5 Å². The van der Waals surface area contributed by atoms with E-state index in [0.29, 0.717) is 11.5 Å². The highest BCUT2D eigenvalue weighted by atomic mass is 32.2. The number of aryl methyl sites for hydroxylation is 1. The Balaban J connectivity index is 1.34. The first-order valence-corrected chi connectivity index (χ1v) is 14.7. The normalized spacial score (nSPS) is 29.8. The van der Waals surface area contributed by atoms with Gasteiger partial charge in [-0.2, -0.15) is 0 Å². The maximum Gasteiger partial charge on any atom is 0.131 e. The molecule has 5 nitrogen and oxygen atoms in total. The van der Waals surface area contributed by atoms with Gasteiger partial charge in [0.25, 0.3) is 0 Å². The van der Waals surface area contributed by atoms with Gasteiger partial charge in [-0.3, -0.25) is 9.11 Å². The number of rotatable bonds is 7. The lowest BCUT2D eigenvalue weighted by atomic mass is 9.77. The maximum absolute atomic E-state index is 12.3. The molecule has 0 spiro atoms. The van der Waals surface area contributed by atoms with E-state index < -0.39 is 10.8 Å². The predicted octanol–water partition coefficient (Wildman–Crippen LogP) is 4.90. The van der Waals surface area contributed by atoms with Gasteiger partial charge in [-0.05, 0) is 62.5 Å². The zero-order valence-corrected chi connectivity index (χ0v) is 21.1. The zero-order chi connectivity index (χ0) is 22.1. The molecule has 2 atom stereocenters. The van der Waals surface area contributed by atoms with E-state index in [1.165, 1.54) is 35.1 Å². The predicted molar refractivity (Wildman–Crippen MR) is 133 cm³/mol. The van der Waals surface area contributed by atoms with Gasteiger partial charge in [0.15, 0.2) is 0 Å². The SMILES string of the molecule is CC[S@@](=O)C[C@H]1CCc2sc3nccc(OC4CCC(CC)(N5CCOCC5)CC4)c3c21. The Bertz CT molecular complexity index is 961. The van der Waals surface area contributed by atoms with Gasteiger partial charge in [0.05, 0.1) is 24.7 Å². The number of pyridine rings is 1. The minimum Gasteiger partial charge on any atom is -0.490 e. The summed E-state index contributed by atoms with van der Waals surface area (Å²) in [6.45, 7) is 8.22. The molecule has 2 aromatic heterocycles. The van der Waals surface area contributed by atoms with Crippen molar-refractivity contribution in [2.45, 2.75) is 76.4 Å². The van der Waals surface area contributed by atoms with Crippen LogP contribution >= 0.6 is 11.3 Å². The minimum atomic E-state index is -0.747. The Morgan fingerprint density at radius 2 is 2.03 bits per heavy atom. The first-order chi connectivity index (χ1) is 15.6. The van der Waals surface area contributed by atoms with Gasteiger partial charge in [0, 0.05) is 52.0 Å². The number of ether oxygens (including phenoxy) is 2. The molecule has 7 heteroatoms. The highest BCUT2D eigenvalue weighted by Gasteiger charge is 2.40. The molecule has 0 bridgehead atoms. The third-order valence-corrected chi connectivity index (χ3v) is 10.6. The monoisotopic (exact) mass is 476 g/mol. The zero-order valence-electron chi connectivity index (χ0n) is 19.4. The quantitative estimate of drug-likeness (QED) is 0.569. The summed E-state index contributed by atoms with van der Waals surface area (Å²) in [5.74, 6) is 2.89. The number of thiophene rings is 1. The standard InChI is InChI=1S/C25H36N2O3S2/c1-3-25(27-13-15-29-16-14-27)10-7-19(8-11-25)30-20-9-12-26-24-23(20)22-18(17-32(28)4-2)5-6-21(22)31-24/h9,12,18-19H,3-8,10-11,13-17H2,1-2H3/t18-,19?,25?,32-/m1/s1. The second-order valence-electron chi connectivity index (χ2n) is 9.55. The van der Waals surface area contributed by atoms with Gasteiger partial charge in [0.1, 0.15) is 10.6 Å². The van der Waals surface area contributed by atoms with Crippen LogP contribution < -0.4 is 4.74 Å². The van der Waals surface area contributed by atoms with Crippen LogP contribution in [0.3, 0.4) is 0 Å². The van der Waals surface area contributed by atoms with Crippen LogP contribution in [0.25, 0.3) is 10.2 Å². The fourth-order valence-corrected chi connectivity index (χ4v) is 8.37.